The molecule has 8 aromatic carbocycles. The van der Waals surface area contributed by atoms with E-state index in [1.807, 2.05) is 6.07 Å². The Kier molecular flexibility index (Phi) is 7.64. The Morgan fingerprint density at radius 1 is 0.339 bits per heavy atom. The molecule has 3 aromatic heterocycles. The summed E-state index contributed by atoms with van der Waals surface area (Å²) in [5.41, 5.74) is 10.7. The number of thiophene rings is 1. The second-order valence-corrected chi connectivity index (χ2v) is 15.1. The van der Waals surface area contributed by atoms with Crippen LogP contribution in [0.5, 0.6) is 0 Å². The summed E-state index contributed by atoms with van der Waals surface area (Å²) < 4.78 is 4.81. The van der Waals surface area contributed by atoms with Gasteiger partial charge in [-0.2, -0.15) is 0 Å². The summed E-state index contributed by atoms with van der Waals surface area (Å²) in [6.45, 7) is 0. The van der Waals surface area contributed by atoms with E-state index in [9.17, 15) is 0 Å². The third-order valence-electron chi connectivity index (χ3n) is 10.7. The Morgan fingerprint density at radius 2 is 0.893 bits per heavy atom. The molecular weight excluding hydrogens is 701 g/mol. The molecule has 262 valence electrons. The highest BCUT2D eigenvalue weighted by atomic mass is 32.1. The van der Waals surface area contributed by atoms with Gasteiger partial charge < -0.3 is 4.57 Å². The number of nitrogens with zero attached hydrogens (tertiary/aromatic N) is 4. The molecule has 0 unspecified atom stereocenters. The Bertz CT molecular complexity index is 3240. The molecule has 0 amide bonds. The first-order chi connectivity index (χ1) is 27.8. The molecule has 0 radical (unpaired) electrons. The van der Waals surface area contributed by atoms with Crippen LogP contribution in [0.1, 0.15) is 0 Å². The molecule has 0 saturated carbocycles. The van der Waals surface area contributed by atoms with Crippen LogP contribution in [0.15, 0.2) is 194 Å². The van der Waals surface area contributed by atoms with Gasteiger partial charge in [0.05, 0.1) is 11.0 Å². The van der Waals surface area contributed by atoms with Gasteiger partial charge in [-0.1, -0.05) is 158 Å². The van der Waals surface area contributed by atoms with E-state index in [2.05, 4.69) is 193 Å². The second-order valence-electron chi connectivity index (χ2n) is 14.0. The molecule has 11 rings (SSSR count). The molecule has 0 aliphatic heterocycles. The lowest BCUT2D eigenvalue weighted by Crippen LogP contribution is -2.01. The number of aromatic nitrogens is 4. The van der Waals surface area contributed by atoms with E-state index in [-0.39, 0.29) is 0 Å². The van der Waals surface area contributed by atoms with Crippen molar-refractivity contribution >= 4 is 53.3 Å². The smallest absolute Gasteiger partial charge is 0.164 e. The molecule has 11 aromatic rings. The predicted octanol–water partition coefficient (Wildman–Crippen LogP) is 13.7. The van der Waals surface area contributed by atoms with Crippen molar-refractivity contribution in [3.63, 3.8) is 0 Å². The van der Waals surface area contributed by atoms with Gasteiger partial charge in [-0.15, -0.1) is 11.3 Å². The van der Waals surface area contributed by atoms with Crippen molar-refractivity contribution in [2.24, 2.45) is 0 Å². The van der Waals surface area contributed by atoms with Crippen LogP contribution >= 0.6 is 11.3 Å². The fourth-order valence-electron chi connectivity index (χ4n) is 8.07. The minimum Gasteiger partial charge on any atom is -0.309 e. The summed E-state index contributed by atoms with van der Waals surface area (Å²) in [4.78, 5) is 16.0. The lowest BCUT2D eigenvalue weighted by atomic mass is 9.96. The zero-order chi connectivity index (χ0) is 37.0. The minimum absolute atomic E-state index is 0.632. The van der Waals surface area contributed by atoms with E-state index < -0.39 is 0 Å². The molecule has 0 N–H and O–H groups in total. The Balaban J connectivity index is 1.14. The van der Waals surface area contributed by atoms with Gasteiger partial charge in [0, 0.05) is 53.3 Å². The number of para-hydroxylation sites is 2. The summed E-state index contributed by atoms with van der Waals surface area (Å²) in [5.74, 6) is 1.91. The van der Waals surface area contributed by atoms with Crippen LogP contribution in [-0.2, 0) is 0 Å². The van der Waals surface area contributed by atoms with E-state index >= 15 is 0 Å². The van der Waals surface area contributed by atoms with Crippen LogP contribution in [0.3, 0.4) is 0 Å². The van der Waals surface area contributed by atoms with Crippen molar-refractivity contribution < 1.29 is 0 Å². The molecule has 0 spiro atoms. The van der Waals surface area contributed by atoms with Gasteiger partial charge >= 0.3 is 0 Å². The van der Waals surface area contributed by atoms with Gasteiger partial charge in [-0.05, 0) is 58.7 Å². The number of benzene rings is 8. The van der Waals surface area contributed by atoms with E-state index in [1.54, 1.807) is 11.3 Å². The maximum Gasteiger partial charge on any atom is 0.164 e. The highest BCUT2D eigenvalue weighted by molar-refractivity contribution is 7.25. The number of rotatable bonds is 6. The third kappa shape index (κ3) is 5.40. The quantitative estimate of drug-likeness (QED) is 0.171. The Labute approximate surface area is 327 Å². The number of fused-ring (bicyclic) bond motifs is 6. The maximum absolute atomic E-state index is 5.36. The molecule has 0 fully saturated rings. The van der Waals surface area contributed by atoms with E-state index in [0.29, 0.717) is 17.5 Å². The van der Waals surface area contributed by atoms with Gasteiger partial charge in [0.25, 0.3) is 0 Å². The van der Waals surface area contributed by atoms with Crippen molar-refractivity contribution in [1.29, 1.82) is 0 Å². The highest BCUT2D eigenvalue weighted by Gasteiger charge is 2.21. The largest absolute Gasteiger partial charge is 0.309 e. The van der Waals surface area contributed by atoms with Crippen LogP contribution in [0.25, 0.3) is 104 Å². The topological polar surface area (TPSA) is 43.6 Å². The Morgan fingerprint density at radius 3 is 1.71 bits per heavy atom. The zero-order valence-corrected chi connectivity index (χ0v) is 31.0. The predicted molar refractivity (Wildman–Crippen MR) is 234 cm³/mol. The van der Waals surface area contributed by atoms with Crippen LogP contribution in [-0.4, -0.2) is 19.5 Å². The first kappa shape index (κ1) is 32.2. The Hall–Kier alpha value is -7.21. The van der Waals surface area contributed by atoms with Crippen LogP contribution < -0.4 is 0 Å². The summed E-state index contributed by atoms with van der Waals surface area (Å²) in [6.07, 6.45) is 0. The summed E-state index contributed by atoms with van der Waals surface area (Å²) in [6, 6.07) is 68.5. The summed E-state index contributed by atoms with van der Waals surface area (Å²) in [5, 5.41) is 4.77. The van der Waals surface area contributed by atoms with Gasteiger partial charge in [-0.25, -0.2) is 15.0 Å². The summed E-state index contributed by atoms with van der Waals surface area (Å²) >= 11 is 1.80. The number of hydrogen-bond acceptors (Lipinski definition) is 4. The van der Waals surface area contributed by atoms with Crippen LogP contribution in [0.2, 0.25) is 0 Å². The SMILES string of the molecule is c1ccc(-c2ccc(-c3ccccc3-c3nc(-c4ccc5c(c4)sc4ccccc45)nc(-c4cccc5c4c4ccccc4n5-c4ccccc4)n3)cc2)cc1. The molecule has 0 atom stereocenters. The normalized spacial score (nSPS) is 11.6. The first-order valence-electron chi connectivity index (χ1n) is 18.8. The molecule has 5 heteroatoms. The molecular formula is C51H32N4S. The van der Waals surface area contributed by atoms with Crippen molar-refractivity contribution in [2.45, 2.75) is 0 Å². The molecule has 4 nitrogen and oxygen atoms in total. The standard InChI is InChI=1S/C51H32N4S/c1-3-14-33(15-4-1)34-26-28-35(29-27-34)38-18-7-8-20-41(38)50-52-49(36-30-31-40-39-19-10-12-25-46(39)56-47(40)32-36)53-51(54-50)43-22-13-24-45-48(43)42-21-9-11-23-44(42)55(45)37-16-5-2-6-17-37/h1-32H. The molecule has 0 aliphatic rings. The fourth-order valence-corrected chi connectivity index (χ4v) is 9.22. The zero-order valence-electron chi connectivity index (χ0n) is 30.2. The summed E-state index contributed by atoms with van der Waals surface area (Å²) in [7, 11) is 0. The van der Waals surface area contributed by atoms with E-state index in [4.69, 9.17) is 15.0 Å². The van der Waals surface area contributed by atoms with Gasteiger partial charge in [-0.3, -0.25) is 0 Å². The van der Waals surface area contributed by atoms with Gasteiger partial charge in [0.15, 0.2) is 17.5 Å². The lowest BCUT2D eigenvalue weighted by molar-refractivity contribution is 1.08. The van der Waals surface area contributed by atoms with Crippen LogP contribution in [0, 0.1) is 0 Å². The maximum atomic E-state index is 5.36. The first-order valence-corrected chi connectivity index (χ1v) is 19.6. The molecule has 0 bridgehead atoms. The highest BCUT2D eigenvalue weighted by Crippen LogP contribution is 2.41. The second kappa shape index (κ2) is 13.3. The van der Waals surface area contributed by atoms with Crippen molar-refractivity contribution in [2.75, 3.05) is 0 Å². The lowest BCUT2D eigenvalue weighted by Gasteiger charge is -2.13. The van der Waals surface area contributed by atoms with Crippen LogP contribution in [0.4, 0.5) is 0 Å². The monoisotopic (exact) mass is 732 g/mol. The van der Waals surface area contributed by atoms with Gasteiger partial charge in [0.1, 0.15) is 0 Å². The molecule has 0 saturated heterocycles. The number of hydrogen-bond donors (Lipinski definition) is 0. The molecule has 0 aliphatic carbocycles. The van der Waals surface area contributed by atoms with Gasteiger partial charge in [0.2, 0.25) is 0 Å². The molecule has 56 heavy (non-hydrogen) atoms. The van der Waals surface area contributed by atoms with E-state index in [0.717, 1.165) is 55.3 Å². The fraction of sp³-hybridized carbons (Fsp3) is 0. The average Bonchev–Trinajstić information content (AvgIpc) is 3.82. The van der Waals surface area contributed by atoms with E-state index in [1.165, 1.54) is 31.3 Å². The van der Waals surface area contributed by atoms with Crippen molar-refractivity contribution in [3.8, 4) is 62.1 Å². The van der Waals surface area contributed by atoms with Crippen molar-refractivity contribution in [1.82, 2.24) is 19.5 Å². The molecule has 3 heterocycles. The minimum atomic E-state index is 0.632. The third-order valence-corrected chi connectivity index (χ3v) is 11.8. The average molecular weight is 733 g/mol. The van der Waals surface area contributed by atoms with Crippen molar-refractivity contribution in [3.05, 3.63) is 194 Å².